The molecular weight excluding hydrogens is 670 g/mol. The maximum absolute atomic E-state index is 15.3. The lowest BCUT2D eigenvalue weighted by atomic mass is 9.66. The number of rotatable bonds is 13. The molecule has 3 fully saturated rings. The Hall–Kier alpha value is -4.05. The second kappa shape index (κ2) is 14.3. The SMILES string of the molecule is C=CCN(C(=O)[C@@H]1[C@H]2C(=O)N([C@H](CO)c3ccccc3)C(C(=O)N(CC=C)c3c(C)cccc3Cl)C23CC[C@@]1(C)S3)c1ccc(OCC)cc1. The average Bonchev–Trinajstić information content (AvgIpc) is 3.68. The average molecular weight is 714 g/mol. The van der Waals surface area contributed by atoms with Crippen LogP contribution in [0.1, 0.15) is 43.9 Å². The van der Waals surface area contributed by atoms with Crippen molar-refractivity contribution in [3.05, 3.63) is 114 Å². The first-order valence-corrected chi connectivity index (χ1v) is 18.3. The molecule has 2 bridgehead atoms. The van der Waals surface area contributed by atoms with Gasteiger partial charge in [0.2, 0.25) is 11.8 Å². The van der Waals surface area contributed by atoms with Crippen molar-refractivity contribution >= 4 is 52.5 Å². The van der Waals surface area contributed by atoms with Crippen LogP contribution in [-0.2, 0) is 14.4 Å². The molecule has 10 heteroatoms. The van der Waals surface area contributed by atoms with Crippen LogP contribution in [0.15, 0.2) is 98.1 Å². The number of carbonyl (C=O) groups is 3. The first kappa shape index (κ1) is 35.8. The van der Waals surface area contributed by atoms with Crippen molar-refractivity contribution in [3.63, 3.8) is 0 Å². The van der Waals surface area contributed by atoms with Gasteiger partial charge in [-0.25, -0.2) is 0 Å². The number of likely N-dealkylation sites (tertiary alicyclic amines) is 1. The molecule has 1 N–H and O–H groups in total. The quantitative estimate of drug-likeness (QED) is 0.192. The lowest BCUT2D eigenvalue weighted by Crippen LogP contribution is -2.56. The normalized spacial score (nSPS) is 25.6. The standard InChI is InChI=1S/C40H44ClN3O5S/c1-6-23-42(28-17-19-29(20-18-28)49-8-3)36(46)32-33-37(47)44(31(25-45)27-14-10-9-11-15-27)35(40(33)22-21-39(32,5)50-40)38(48)43(24-7-2)34-26(4)13-12-16-30(34)41/h6-7,9-20,31-33,35,45H,1-2,8,21-25H2,3-5H3/t31-,32+,33+,35?,39-,40?/m1/s1. The number of benzene rings is 3. The van der Waals surface area contributed by atoms with Gasteiger partial charge in [0.1, 0.15) is 11.8 Å². The van der Waals surface area contributed by atoms with E-state index in [1.807, 2.05) is 80.6 Å². The lowest BCUT2D eigenvalue weighted by molar-refractivity contribution is -0.142. The summed E-state index contributed by atoms with van der Waals surface area (Å²) >= 11 is 8.36. The number of para-hydroxylation sites is 1. The second-order valence-corrected chi connectivity index (χ2v) is 15.7. The van der Waals surface area contributed by atoms with Gasteiger partial charge in [-0.2, -0.15) is 0 Å². The predicted octanol–water partition coefficient (Wildman–Crippen LogP) is 7.00. The maximum atomic E-state index is 15.3. The van der Waals surface area contributed by atoms with Gasteiger partial charge in [0.25, 0.3) is 5.91 Å². The predicted molar refractivity (Wildman–Crippen MR) is 201 cm³/mol. The molecule has 3 amide bonds. The summed E-state index contributed by atoms with van der Waals surface area (Å²) in [6.07, 6.45) is 4.53. The van der Waals surface area contributed by atoms with E-state index in [4.69, 9.17) is 16.3 Å². The van der Waals surface area contributed by atoms with Gasteiger partial charge in [-0.05, 0) is 75.1 Å². The number of aliphatic hydroxyl groups excluding tert-OH is 1. The Morgan fingerprint density at radius 3 is 2.32 bits per heavy atom. The van der Waals surface area contributed by atoms with E-state index < -0.39 is 40.0 Å². The van der Waals surface area contributed by atoms with Gasteiger partial charge in [-0.15, -0.1) is 24.9 Å². The summed E-state index contributed by atoms with van der Waals surface area (Å²) in [6, 6.07) is 20.3. The van der Waals surface area contributed by atoms with Crippen molar-refractivity contribution in [3.8, 4) is 5.75 Å². The smallest absolute Gasteiger partial charge is 0.251 e. The minimum absolute atomic E-state index is 0.160. The molecule has 3 aromatic carbocycles. The van der Waals surface area contributed by atoms with Gasteiger partial charge in [0, 0.05) is 23.5 Å². The monoisotopic (exact) mass is 713 g/mol. The number of ether oxygens (including phenoxy) is 1. The number of aryl methyl sites for hydroxylation is 1. The molecule has 1 spiro atoms. The highest BCUT2D eigenvalue weighted by Crippen LogP contribution is 2.72. The summed E-state index contributed by atoms with van der Waals surface area (Å²) in [5.74, 6) is -1.66. The minimum Gasteiger partial charge on any atom is -0.494 e. The molecule has 2 unspecified atom stereocenters. The van der Waals surface area contributed by atoms with E-state index in [0.29, 0.717) is 47.2 Å². The van der Waals surface area contributed by atoms with Crippen molar-refractivity contribution in [2.24, 2.45) is 11.8 Å². The molecule has 3 aromatic rings. The highest BCUT2D eigenvalue weighted by molar-refractivity contribution is 8.02. The molecule has 50 heavy (non-hydrogen) atoms. The molecule has 0 saturated carbocycles. The summed E-state index contributed by atoms with van der Waals surface area (Å²) in [4.78, 5) is 50.3. The summed E-state index contributed by atoms with van der Waals surface area (Å²) in [6.45, 7) is 14.2. The number of fused-ring (bicyclic) bond motifs is 1. The van der Waals surface area contributed by atoms with E-state index in [9.17, 15) is 9.90 Å². The van der Waals surface area contributed by atoms with Gasteiger partial charge in [-0.3, -0.25) is 14.4 Å². The lowest BCUT2D eigenvalue weighted by Gasteiger charge is -2.40. The van der Waals surface area contributed by atoms with Crippen LogP contribution < -0.4 is 14.5 Å². The Labute approximate surface area is 303 Å². The van der Waals surface area contributed by atoms with Gasteiger partial charge >= 0.3 is 0 Å². The fourth-order valence-corrected chi connectivity index (χ4v) is 11.1. The van der Waals surface area contributed by atoms with Gasteiger partial charge in [0.15, 0.2) is 0 Å². The molecule has 3 aliphatic heterocycles. The zero-order chi connectivity index (χ0) is 35.8. The van der Waals surface area contributed by atoms with E-state index in [1.54, 1.807) is 44.7 Å². The van der Waals surface area contributed by atoms with Gasteiger partial charge < -0.3 is 24.5 Å². The molecule has 3 aliphatic rings. The molecule has 0 radical (unpaired) electrons. The number of amides is 3. The Balaban J connectivity index is 1.49. The van der Waals surface area contributed by atoms with E-state index in [0.717, 1.165) is 5.56 Å². The van der Waals surface area contributed by atoms with Gasteiger partial charge in [0.05, 0.1) is 46.5 Å². The number of hydrogen-bond donors (Lipinski definition) is 1. The van der Waals surface area contributed by atoms with E-state index >= 15 is 9.59 Å². The maximum Gasteiger partial charge on any atom is 0.251 e. The van der Waals surface area contributed by atoms with Gasteiger partial charge in [-0.1, -0.05) is 66.2 Å². The first-order chi connectivity index (χ1) is 24.1. The number of aliphatic hydroxyl groups is 1. The van der Waals surface area contributed by atoms with Crippen LogP contribution in [0.3, 0.4) is 0 Å². The Morgan fingerprint density at radius 2 is 1.70 bits per heavy atom. The minimum atomic E-state index is -0.990. The molecule has 262 valence electrons. The molecule has 0 aromatic heterocycles. The van der Waals surface area contributed by atoms with E-state index in [-0.39, 0.29) is 30.8 Å². The van der Waals surface area contributed by atoms with Crippen molar-refractivity contribution in [1.29, 1.82) is 0 Å². The summed E-state index contributed by atoms with van der Waals surface area (Å²) in [5, 5.41) is 11.4. The number of anilines is 2. The van der Waals surface area contributed by atoms with Crippen LogP contribution in [-0.4, -0.2) is 69.6 Å². The number of thioether (sulfide) groups is 1. The van der Waals surface area contributed by atoms with Crippen molar-refractivity contribution < 1.29 is 24.2 Å². The van der Waals surface area contributed by atoms with Crippen LogP contribution in [0, 0.1) is 18.8 Å². The Bertz CT molecular complexity index is 1770. The summed E-state index contributed by atoms with van der Waals surface area (Å²) in [7, 11) is 0. The van der Waals surface area contributed by atoms with Crippen molar-refractivity contribution in [2.75, 3.05) is 36.1 Å². The third-order valence-electron chi connectivity index (χ3n) is 10.5. The highest BCUT2D eigenvalue weighted by Gasteiger charge is 2.78. The van der Waals surface area contributed by atoms with E-state index in [2.05, 4.69) is 20.1 Å². The number of hydrogen-bond acceptors (Lipinski definition) is 6. The Morgan fingerprint density at radius 1 is 1.02 bits per heavy atom. The van der Waals surface area contributed by atoms with Crippen LogP contribution >= 0.6 is 23.4 Å². The molecule has 6 atom stereocenters. The first-order valence-electron chi connectivity index (χ1n) is 17.1. The van der Waals surface area contributed by atoms with Crippen LogP contribution in [0.4, 0.5) is 11.4 Å². The number of carbonyl (C=O) groups excluding carboxylic acids is 3. The van der Waals surface area contributed by atoms with Crippen molar-refractivity contribution in [2.45, 2.75) is 55.2 Å². The summed E-state index contributed by atoms with van der Waals surface area (Å²) < 4.78 is 4.09. The van der Waals surface area contributed by atoms with Crippen LogP contribution in [0.25, 0.3) is 0 Å². The van der Waals surface area contributed by atoms with Crippen LogP contribution in [0.2, 0.25) is 5.02 Å². The zero-order valence-electron chi connectivity index (χ0n) is 28.8. The second-order valence-electron chi connectivity index (χ2n) is 13.4. The third-order valence-corrected chi connectivity index (χ3v) is 12.8. The third kappa shape index (κ3) is 5.83. The molecule has 6 rings (SSSR count). The Kier molecular flexibility index (Phi) is 10.2. The largest absolute Gasteiger partial charge is 0.494 e. The molecule has 3 heterocycles. The highest BCUT2D eigenvalue weighted by atomic mass is 35.5. The molecular formula is C40H44ClN3O5S. The van der Waals surface area contributed by atoms with Crippen molar-refractivity contribution in [1.82, 2.24) is 4.90 Å². The number of nitrogens with zero attached hydrogens (tertiary/aromatic N) is 3. The van der Waals surface area contributed by atoms with Crippen LogP contribution in [0.5, 0.6) is 5.75 Å². The topological polar surface area (TPSA) is 90.4 Å². The molecule has 8 nitrogen and oxygen atoms in total. The fraction of sp³-hybridized carbons (Fsp3) is 0.375. The zero-order valence-corrected chi connectivity index (χ0v) is 30.3. The summed E-state index contributed by atoms with van der Waals surface area (Å²) in [5.41, 5.74) is 2.73. The fourth-order valence-electron chi connectivity index (χ4n) is 8.43. The van der Waals surface area contributed by atoms with E-state index in [1.165, 1.54) is 0 Å². The molecule has 0 aliphatic carbocycles. The molecule has 3 saturated heterocycles. The number of halogens is 1.